The first-order valence-corrected chi connectivity index (χ1v) is 10.8. The Morgan fingerprint density at radius 3 is 2.42 bits per heavy atom. The van der Waals surface area contributed by atoms with Crippen LogP contribution in [-0.2, 0) is 14.6 Å². The zero-order chi connectivity index (χ0) is 24.8. The van der Waals surface area contributed by atoms with Gasteiger partial charge < -0.3 is 30.4 Å². The van der Waals surface area contributed by atoms with Crippen LogP contribution in [0.5, 0.6) is 11.6 Å². The third-order valence-electron chi connectivity index (χ3n) is 3.94. The minimum atomic E-state index is -4.94. The van der Waals surface area contributed by atoms with Crippen LogP contribution in [0.25, 0.3) is 0 Å². The molecule has 0 aliphatic rings. The number of aliphatic hydroxyl groups excluding tert-OH is 1. The van der Waals surface area contributed by atoms with Gasteiger partial charge in [0.15, 0.2) is 5.69 Å². The number of anilines is 1. The molecule has 1 amide bonds. The van der Waals surface area contributed by atoms with Crippen LogP contribution in [0.15, 0.2) is 40.1 Å². The number of nitrogens with two attached hydrogens (primary N) is 1. The number of hydrogen-bond acceptors (Lipinski definition) is 9. The molecule has 0 fully saturated rings. The number of nitrogens with zero attached hydrogens (tertiary/aromatic N) is 1. The summed E-state index contributed by atoms with van der Waals surface area (Å²) in [6.07, 6.45) is -5.79. The van der Waals surface area contributed by atoms with Gasteiger partial charge in [0.25, 0.3) is 5.91 Å². The number of nitrogens with one attached hydrogen (secondary N) is 1. The van der Waals surface area contributed by atoms with E-state index in [1.807, 2.05) is 0 Å². The maximum Gasteiger partial charge on any atom is 0.573 e. The van der Waals surface area contributed by atoms with E-state index in [0.717, 1.165) is 30.3 Å². The van der Waals surface area contributed by atoms with E-state index < -0.39 is 44.7 Å². The summed E-state index contributed by atoms with van der Waals surface area (Å²) in [5, 5.41) is 11.7. The summed E-state index contributed by atoms with van der Waals surface area (Å²) in [7, 11) is -2.99. The van der Waals surface area contributed by atoms with E-state index in [9.17, 15) is 31.5 Å². The molecule has 0 bridgehead atoms. The molecule has 0 aliphatic heterocycles. The maximum atomic E-state index is 13.1. The molecule has 0 saturated carbocycles. The Hall–Kier alpha value is -3.10. The third-order valence-corrected chi connectivity index (χ3v) is 5.70. The molecule has 1 heterocycles. The van der Waals surface area contributed by atoms with Crippen LogP contribution < -0.4 is 20.5 Å². The largest absolute Gasteiger partial charge is 0.573 e. The number of alkyl halides is 3. The molecule has 4 N–H and O–H groups in total. The molecule has 1 atom stereocenters. The number of nitrogen functional groups attached to an aromatic ring is 1. The number of aromatic nitrogens is 1. The average Bonchev–Trinajstić information content (AvgIpc) is 2.72. The van der Waals surface area contributed by atoms with Gasteiger partial charge in [0.05, 0.1) is 23.3 Å². The van der Waals surface area contributed by atoms with Crippen molar-refractivity contribution in [2.24, 2.45) is 0 Å². The fourth-order valence-electron chi connectivity index (χ4n) is 2.46. The molecule has 1 aromatic heterocycles. The Kier molecular flexibility index (Phi) is 8.46. The lowest BCUT2D eigenvalue weighted by molar-refractivity contribution is -0.274. The molecule has 0 radical (unpaired) electrons. The zero-order valence-corrected chi connectivity index (χ0v) is 18.4. The highest BCUT2D eigenvalue weighted by molar-refractivity contribution is 7.91. The normalized spacial score (nSPS) is 12.8. The number of amides is 1. The van der Waals surface area contributed by atoms with Gasteiger partial charge in [0.1, 0.15) is 17.3 Å². The average molecular weight is 493 g/mol. The Morgan fingerprint density at radius 1 is 1.24 bits per heavy atom. The number of carbonyl (C=O) groups is 1. The van der Waals surface area contributed by atoms with Crippen molar-refractivity contribution in [1.29, 1.82) is 0 Å². The van der Waals surface area contributed by atoms with Gasteiger partial charge in [-0.3, -0.25) is 4.79 Å². The zero-order valence-electron chi connectivity index (χ0n) is 17.5. The highest BCUT2D eigenvalue weighted by Gasteiger charge is 2.32. The quantitative estimate of drug-likeness (QED) is 0.419. The van der Waals surface area contributed by atoms with E-state index >= 15 is 0 Å². The minimum Gasteiger partial charge on any atom is -0.474 e. The molecule has 14 heteroatoms. The second kappa shape index (κ2) is 10.7. The van der Waals surface area contributed by atoms with Crippen molar-refractivity contribution in [2.75, 3.05) is 32.6 Å². The molecule has 182 valence electrons. The highest BCUT2D eigenvalue weighted by Crippen LogP contribution is 2.32. The third kappa shape index (κ3) is 7.20. The predicted molar refractivity (Wildman–Crippen MR) is 109 cm³/mol. The van der Waals surface area contributed by atoms with Crippen molar-refractivity contribution in [2.45, 2.75) is 29.2 Å². The van der Waals surface area contributed by atoms with Gasteiger partial charge in [-0.25, -0.2) is 13.4 Å². The van der Waals surface area contributed by atoms with E-state index in [1.54, 1.807) is 0 Å². The number of methoxy groups -OCH3 is 1. The first-order chi connectivity index (χ1) is 15.3. The number of aliphatic hydroxyl groups is 1. The number of carbonyl (C=O) groups excluding carboxylic acids is 1. The summed E-state index contributed by atoms with van der Waals surface area (Å²) in [6, 6.07) is 4.45. The maximum absolute atomic E-state index is 13.1. The molecule has 1 aromatic carbocycles. The lowest BCUT2D eigenvalue weighted by atomic mass is 10.2. The van der Waals surface area contributed by atoms with Gasteiger partial charge in [-0.05, 0) is 37.3 Å². The number of hydrogen-bond donors (Lipinski definition) is 3. The molecule has 33 heavy (non-hydrogen) atoms. The van der Waals surface area contributed by atoms with E-state index in [0.29, 0.717) is 0 Å². The Balaban J connectivity index is 2.47. The summed E-state index contributed by atoms with van der Waals surface area (Å²) in [6.45, 7) is 1.28. The first kappa shape index (κ1) is 26.2. The lowest BCUT2D eigenvalue weighted by Gasteiger charge is -2.15. The molecule has 2 aromatic rings. The second-order valence-electron chi connectivity index (χ2n) is 6.65. The summed E-state index contributed by atoms with van der Waals surface area (Å²) in [5.74, 6) is -1.84. The van der Waals surface area contributed by atoms with Gasteiger partial charge >= 0.3 is 6.36 Å². The standard InChI is InChI=1S/C19H22F3N3O7S/c1-11(26)10-24-17(27)16-14(23)9-15(18(25-16)31-8-7-30-2)33(28,29)13-5-3-12(4-6-13)32-19(20,21)22/h3-6,9,11,26H,7-8,10,23H2,1-2H3,(H,24,27)/t11-/m0/s1. The van der Waals surface area contributed by atoms with Crippen LogP contribution in [0.3, 0.4) is 0 Å². The van der Waals surface area contributed by atoms with Crippen LogP contribution in [-0.4, -0.2) is 63.8 Å². The minimum absolute atomic E-state index is 0.0680. The summed E-state index contributed by atoms with van der Waals surface area (Å²) in [5.41, 5.74) is 5.21. The van der Waals surface area contributed by atoms with Gasteiger partial charge in [-0.15, -0.1) is 13.2 Å². The van der Waals surface area contributed by atoms with Gasteiger partial charge in [-0.1, -0.05) is 0 Å². The van der Waals surface area contributed by atoms with Crippen LogP contribution in [0.2, 0.25) is 0 Å². The summed E-state index contributed by atoms with van der Waals surface area (Å²) >= 11 is 0. The molecular weight excluding hydrogens is 471 g/mol. The smallest absolute Gasteiger partial charge is 0.474 e. The number of sulfone groups is 1. The molecule has 0 saturated heterocycles. The second-order valence-corrected chi connectivity index (χ2v) is 8.57. The van der Waals surface area contributed by atoms with Crippen molar-refractivity contribution >= 4 is 21.4 Å². The molecular formula is C19H22F3N3O7S. The number of rotatable bonds is 10. The van der Waals surface area contributed by atoms with Crippen molar-refractivity contribution in [3.63, 3.8) is 0 Å². The van der Waals surface area contributed by atoms with Crippen LogP contribution in [0, 0.1) is 0 Å². The molecule has 2 rings (SSSR count). The number of halogens is 3. The SMILES string of the molecule is COCCOc1nc(C(=O)NC[C@H](C)O)c(N)cc1S(=O)(=O)c1ccc(OC(F)(F)F)cc1. The summed E-state index contributed by atoms with van der Waals surface area (Å²) in [4.78, 5) is 15.4. The van der Waals surface area contributed by atoms with Crippen LogP contribution in [0.1, 0.15) is 17.4 Å². The van der Waals surface area contributed by atoms with Crippen molar-refractivity contribution < 1.29 is 45.7 Å². The fraction of sp³-hybridized carbons (Fsp3) is 0.368. The van der Waals surface area contributed by atoms with Crippen LogP contribution >= 0.6 is 0 Å². The predicted octanol–water partition coefficient (Wildman–Crippen LogP) is 1.53. The lowest BCUT2D eigenvalue weighted by Crippen LogP contribution is -2.32. The Morgan fingerprint density at radius 2 is 1.88 bits per heavy atom. The molecule has 0 unspecified atom stereocenters. The molecule has 10 nitrogen and oxygen atoms in total. The highest BCUT2D eigenvalue weighted by atomic mass is 32.2. The first-order valence-electron chi connectivity index (χ1n) is 9.34. The van der Waals surface area contributed by atoms with Gasteiger partial charge in [0.2, 0.25) is 15.7 Å². The van der Waals surface area contributed by atoms with E-state index in [-0.39, 0.29) is 36.0 Å². The van der Waals surface area contributed by atoms with Gasteiger partial charge in [0, 0.05) is 13.7 Å². The fourth-order valence-corrected chi connectivity index (χ4v) is 3.83. The summed E-state index contributed by atoms with van der Waals surface area (Å²) < 4.78 is 77.3. The topological polar surface area (TPSA) is 150 Å². The Labute approximate surface area is 187 Å². The number of pyridine rings is 1. The molecule has 0 spiro atoms. The van der Waals surface area contributed by atoms with Crippen molar-refractivity contribution in [3.05, 3.63) is 36.0 Å². The monoisotopic (exact) mass is 493 g/mol. The number of benzene rings is 1. The van der Waals surface area contributed by atoms with E-state index in [1.165, 1.54) is 14.0 Å². The Bertz CT molecular complexity index is 1080. The van der Waals surface area contributed by atoms with Crippen molar-refractivity contribution in [3.8, 4) is 11.6 Å². The van der Waals surface area contributed by atoms with E-state index in [2.05, 4.69) is 15.0 Å². The van der Waals surface area contributed by atoms with Crippen LogP contribution in [0.4, 0.5) is 18.9 Å². The van der Waals surface area contributed by atoms with E-state index in [4.69, 9.17) is 15.2 Å². The van der Waals surface area contributed by atoms with Gasteiger partial charge in [-0.2, -0.15) is 0 Å². The molecule has 0 aliphatic carbocycles. The van der Waals surface area contributed by atoms with Crippen molar-refractivity contribution in [1.82, 2.24) is 10.3 Å². The number of ether oxygens (including phenoxy) is 3.